The van der Waals surface area contributed by atoms with Crippen molar-refractivity contribution < 1.29 is 27.1 Å². The normalized spacial score (nSPS) is 11.9. The molecule has 1 rings (SSSR count). The molecule has 0 unspecified atom stereocenters. The van der Waals surface area contributed by atoms with Crippen LogP contribution in [-0.4, -0.2) is 31.2 Å². The van der Waals surface area contributed by atoms with E-state index in [-0.39, 0.29) is 12.2 Å². The monoisotopic (exact) mass is 284 g/mol. The number of nitrogens with zero attached hydrogens (tertiary/aromatic N) is 1. The van der Waals surface area contributed by atoms with Crippen LogP contribution in [0.1, 0.15) is 5.56 Å². The van der Waals surface area contributed by atoms with E-state index in [0.717, 1.165) is 11.0 Å². The summed E-state index contributed by atoms with van der Waals surface area (Å²) in [4.78, 5) is 0.972. The van der Waals surface area contributed by atoms with Crippen LogP contribution in [0.5, 0.6) is 0 Å². The van der Waals surface area contributed by atoms with Gasteiger partial charge in [0.2, 0.25) is 0 Å². The van der Waals surface area contributed by atoms with Crippen molar-refractivity contribution in [2.24, 2.45) is 0 Å². The number of rotatable bonds is 5. The van der Waals surface area contributed by atoms with Crippen molar-refractivity contribution in [3.8, 4) is 0 Å². The average molecular weight is 284 g/mol. The number of benzene rings is 1. The quantitative estimate of drug-likeness (QED) is 0.644. The second-order valence-corrected chi connectivity index (χ2v) is 3.83. The van der Waals surface area contributed by atoms with Crippen LogP contribution >= 0.6 is 0 Å². The van der Waals surface area contributed by atoms with E-state index in [1.807, 2.05) is 0 Å². The van der Waals surface area contributed by atoms with Gasteiger partial charge in [-0.2, -0.15) is 13.2 Å². The van der Waals surface area contributed by atoms with E-state index in [2.05, 4.69) is 0 Å². The van der Waals surface area contributed by atoms with Crippen molar-refractivity contribution in [3.63, 3.8) is 0 Å². The van der Waals surface area contributed by atoms with Crippen molar-refractivity contribution in [3.05, 3.63) is 23.8 Å². The lowest BCUT2D eigenvalue weighted by Crippen LogP contribution is -2.31. The van der Waals surface area contributed by atoms with Gasteiger partial charge in [0, 0.05) is 17.9 Å². The Hall–Kier alpha value is -1.57. The molecule has 0 aliphatic rings. The minimum Gasteiger partial charge on any atom is -0.398 e. The highest BCUT2D eigenvalue weighted by Crippen LogP contribution is 2.36. The molecule has 3 nitrogen and oxygen atoms in total. The van der Waals surface area contributed by atoms with Crippen LogP contribution in [-0.2, 0) is 6.18 Å². The second-order valence-electron chi connectivity index (χ2n) is 3.83. The van der Waals surface area contributed by atoms with Crippen LogP contribution in [0.25, 0.3) is 0 Å². The maximum atomic E-state index is 12.6. The van der Waals surface area contributed by atoms with Gasteiger partial charge >= 0.3 is 6.18 Å². The predicted octanol–water partition coefficient (Wildman–Crippen LogP) is 2.35. The lowest BCUT2D eigenvalue weighted by molar-refractivity contribution is -0.136. The summed E-state index contributed by atoms with van der Waals surface area (Å²) in [6.45, 7) is -1.40. The molecular weight excluding hydrogens is 271 g/mol. The summed E-state index contributed by atoms with van der Waals surface area (Å²) in [5, 5.41) is 8.76. The molecule has 0 radical (unpaired) electrons. The van der Waals surface area contributed by atoms with Gasteiger partial charge < -0.3 is 15.7 Å². The predicted molar refractivity (Wildman–Crippen MR) is 61.2 cm³/mol. The maximum Gasteiger partial charge on any atom is 0.418 e. The zero-order valence-electron chi connectivity index (χ0n) is 9.79. The molecule has 0 fully saturated rings. The Morgan fingerprint density at radius 2 is 1.89 bits per heavy atom. The van der Waals surface area contributed by atoms with Crippen molar-refractivity contribution in [1.29, 1.82) is 0 Å². The average Bonchev–Trinajstić information content (AvgIpc) is 2.27. The lowest BCUT2D eigenvalue weighted by atomic mass is 10.1. The Labute approximate surface area is 106 Å². The summed E-state index contributed by atoms with van der Waals surface area (Å²) in [5.41, 5.74) is 3.60. The van der Waals surface area contributed by atoms with E-state index in [0.29, 0.717) is 6.07 Å². The molecule has 0 aliphatic carbocycles. The fourth-order valence-electron chi connectivity index (χ4n) is 1.60. The summed E-state index contributed by atoms with van der Waals surface area (Å²) < 4.78 is 62.6. The van der Waals surface area contributed by atoms with Crippen LogP contribution in [0.4, 0.5) is 33.3 Å². The smallest absolute Gasteiger partial charge is 0.398 e. The molecular formula is C11H13F5N2O. The highest BCUT2D eigenvalue weighted by atomic mass is 19.4. The summed E-state index contributed by atoms with van der Waals surface area (Å²) in [6, 6.07) is 2.92. The van der Waals surface area contributed by atoms with Gasteiger partial charge in [-0.1, -0.05) is 0 Å². The van der Waals surface area contributed by atoms with Gasteiger partial charge in [-0.3, -0.25) is 0 Å². The molecule has 1 aromatic rings. The standard InChI is InChI=1S/C11H13F5N2O/c12-10(13)6-18(3-4-19)7-1-2-9(17)8(5-7)11(14,15)16/h1-2,5,10,19H,3-4,6,17H2. The van der Waals surface area contributed by atoms with Crippen molar-refractivity contribution in [1.82, 2.24) is 0 Å². The van der Waals surface area contributed by atoms with Crippen molar-refractivity contribution >= 4 is 11.4 Å². The van der Waals surface area contributed by atoms with Gasteiger partial charge in [-0.05, 0) is 18.2 Å². The van der Waals surface area contributed by atoms with E-state index in [1.54, 1.807) is 0 Å². The first-order valence-corrected chi connectivity index (χ1v) is 5.36. The van der Waals surface area contributed by atoms with Gasteiger partial charge in [0.25, 0.3) is 6.43 Å². The molecule has 0 heterocycles. The molecule has 3 N–H and O–H groups in total. The summed E-state index contributed by atoms with van der Waals surface area (Å²) in [7, 11) is 0. The number of alkyl halides is 5. The van der Waals surface area contributed by atoms with Gasteiger partial charge in [0.1, 0.15) is 0 Å². The molecule has 108 valence electrons. The molecule has 1 aromatic carbocycles. The lowest BCUT2D eigenvalue weighted by Gasteiger charge is -2.24. The summed E-state index contributed by atoms with van der Waals surface area (Å²) in [6.07, 6.45) is -7.38. The fraction of sp³-hybridized carbons (Fsp3) is 0.455. The van der Waals surface area contributed by atoms with Crippen LogP contribution in [0, 0.1) is 0 Å². The van der Waals surface area contributed by atoms with E-state index in [1.165, 1.54) is 6.07 Å². The zero-order chi connectivity index (χ0) is 14.6. The van der Waals surface area contributed by atoms with Crippen molar-refractivity contribution in [2.45, 2.75) is 12.6 Å². The Bertz CT molecular complexity index is 422. The number of aliphatic hydroxyl groups excluding tert-OH is 1. The minimum atomic E-state index is -4.66. The van der Waals surface area contributed by atoms with E-state index >= 15 is 0 Å². The van der Waals surface area contributed by atoms with E-state index in [4.69, 9.17) is 10.8 Å². The molecule has 0 saturated carbocycles. The molecule has 19 heavy (non-hydrogen) atoms. The zero-order valence-corrected chi connectivity index (χ0v) is 9.79. The summed E-state index contributed by atoms with van der Waals surface area (Å²) in [5.74, 6) is 0. The number of anilines is 2. The minimum absolute atomic E-state index is 0.0594. The number of aliphatic hydroxyl groups is 1. The van der Waals surface area contributed by atoms with E-state index < -0.39 is 37.0 Å². The molecule has 0 bridgehead atoms. The first-order valence-electron chi connectivity index (χ1n) is 5.36. The Morgan fingerprint density at radius 3 is 2.37 bits per heavy atom. The number of nitrogen functional groups attached to an aromatic ring is 1. The van der Waals surface area contributed by atoms with Crippen LogP contribution in [0.2, 0.25) is 0 Å². The van der Waals surface area contributed by atoms with Gasteiger partial charge in [0.05, 0.1) is 18.7 Å². The van der Waals surface area contributed by atoms with Gasteiger partial charge in [0.15, 0.2) is 0 Å². The molecule has 0 saturated heterocycles. The molecule has 8 heteroatoms. The van der Waals surface area contributed by atoms with Gasteiger partial charge in [-0.25, -0.2) is 8.78 Å². The fourth-order valence-corrected chi connectivity index (χ4v) is 1.60. The first kappa shape index (κ1) is 15.5. The molecule has 0 spiro atoms. The third kappa shape index (κ3) is 4.23. The highest BCUT2D eigenvalue weighted by Gasteiger charge is 2.33. The van der Waals surface area contributed by atoms with Crippen molar-refractivity contribution in [2.75, 3.05) is 30.3 Å². The molecule has 0 aliphatic heterocycles. The Balaban J connectivity index is 3.10. The van der Waals surface area contributed by atoms with E-state index in [9.17, 15) is 22.0 Å². The van der Waals surface area contributed by atoms with Crippen LogP contribution in [0.3, 0.4) is 0 Å². The largest absolute Gasteiger partial charge is 0.418 e. The molecule has 0 atom stereocenters. The first-order chi connectivity index (χ1) is 8.75. The topological polar surface area (TPSA) is 49.5 Å². The number of nitrogens with two attached hydrogens (primary N) is 1. The highest BCUT2D eigenvalue weighted by molar-refractivity contribution is 5.59. The third-order valence-corrected chi connectivity index (χ3v) is 2.44. The Morgan fingerprint density at radius 1 is 1.26 bits per heavy atom. The SMILES string of the molecule is Nc1ccc(N(CCO)CC(F)F)cc1C(F)(F)F. The summed E-state index contributed by atoms with van der Waals surface area (Å²) >= 11 is 0. The van der Waals surface area contributed by atoms with Crippen LogP contribution in [0.15, 0.2) is 18.2 Å². The second kappa shape index (κ2) is 6.05. The molecule has 0 aromatic heterocycles. The Kier molecular flexibility index (Phi) is 4.93. The van der Waals surface area contributed by atoms with Crippen LogP contribution < -0.4 is 10.6 Å². The number of hydrogen-bond acceptors (Lipinski definition) is 3. The number of hydrogen-bond donors (Lipinski definition) is 2. The third-order valence-electron chi connectivity index (χ3n) is 2.44. The van der Waals surface area contributed by atoms with Gasteiger partial charge in [-0.15, -0.1) is 0 Å². The number of halogens is 5. The maximum absolute atomic E-state index is 12.6. The molecule has 0 amide bonds.